The normalized spacial score (nSPS) is 22.5. The van der Waals surface area contributed by atoms with Crippen LogP contribution >= 0.6 is 23.2 Å². The van der Waals surface area contributed by atoms with Crippen molar-refractivity contribution >= 4 is 41.4 Å². The van der Waals surface area contributed by atoms with E-state index in [1.807, 2.05) is 49.4 Å². The first kappa shape index (κ1) is 29.2. The van der Waals surface area contributed by atoms with E-state index >= 15 is 0 Å². The fourth-order valence-electron chi connectivity index (χ4n) is 5.23. The van der Waals surface area contributed by atoms with Crippen LogP contribution in [0.2, 0.25) is 10.0 Å². The van der Waals surface area contributed by atoms with Crippen LogP contribution in [0.1, 0.15) is 63.6 Å². The molecule has 8 heteroatoms. The van der Waals surface area contributed by atoms with Gasteiger partial charge in [0.2, 0.25) is 5.91 Å². The van der Waals surface area contributed by atoms with Crippen molar-refractivity contribution in [3.8, 4) is 0 Å². The SMILES string of the molecule is CC(C(NCC(C)(C)C)c1ccc(Cl)cc1)C(C=O)[C@H]1NC(=O)[C@@H](CC(=O)O)C[C@@H]1c1cccc(Cl)c1. The highest BCUT2D eigenvalue weighted by Gasteiger charge is 2.44. The third-order valence-corrected chi connectivity index (χ3v) is 7.62. The van der Waals surface area contributed by atoms with Gasteiger partial charge in [-0.1, -0.05) is 75.2 Å². The Morgan fingerprint density at radius 1 is 1.16 bits per heavy atom. The summed E-state index contributed by atoms with van der Waals surface area (Å²) in [6.45, 7) is 9.14. The number of hydrogen-bond acceptors (Lipinski definition) is 4. The van der Waals surface area contributed by atoms with E-state index in [0.717, 1.165) is 17.4 Å². The predicted octanol–water partition coefficient (Wildman–Crippen LogP) is 5.88. The number of aldehydes is 1. The van der Waals surface area contributed by atoms with Gasteiger partial charge in [-0.2, -0.15) is 0 Å². The second kappa shape index (κ2) is 12.4. The molecule has 6 atom stereocenters. The zero-order chi connectivity index (χ0) is 27.3. The Morgan fingerprint density at radius 3 is 2.41 bits per heavy atom. The molecule has 0 bridgehead atoms. The van der Waals surface area contributed by atoms with Crippen LogP contribution in [-0.4, -0.2) is 35.9 Å². The van der Waals surface area contributed by atoms with E-state index in [9.17, 15) is 19.5 Å². The molecule has 6 nitrogen and oxygen atoms in total. The minimum atomic E-state index is -1.03. The fourth-order valence-corrected chi connectivity index (χ4v) is 5.55. The van der Waals surface area contributed by atoms with E-state index in [0.29, 0.717) is 23.0 Å². The number of piperidine rings is 1. The molecule has 1 fully saturated rings. The Morgan fingerprint density at radius 2 is 1.84 bits per heavy atom. The summed E-state index contributed by atoms with van der Waals surface area (Å²) in [6, 6.07) is 14.2. The molecule has 1 amide bonds. The van der Waals surface area contributed by atoms with Gasteiger partial charge in [0.1, 0.15) is 6.29 Å². The van der Waals surface area contributed by atoms with E-state index < -0.39 is 23.8 Å². The number of aliphatic carboxylic acids is 1. The number of rotatable bonds is 10. The highest BCUT2D eigenvalue weighted by molar-refractivity contribution is 6.30. The maximum absolute atomic E-state index is 13.0. The summed E-state index contributed by atoms with van der Waals surface area (Å²) in [4.78, 5) is 37.2. The molecule has 1 aliphatic rings. The van der Waals surface area contributed by atoms with Gasteiger partial charge in [-0.25, -0.2) is 0 Å². The van der Waals surface area contributed by atoms with Crippen LogP contribution in [0, 0.1) is 23.2 Å². The van der Waals surface area contributed by atoms with E-state index in [1.165, 1.54) is 0 Å². The zero-order valence-corrected chi connectivity index (χ0v) is 23.2. The summed E-state index contributed by atoms with van der Waals surface area (Å²) in [5, 5.41) is 17.2. The Kier molecular flexibility index (Phi) is 9.79. The van der Waals surface area contributed by atoms with Gasteiger partial charge in [0.15, 0.2) is 0 Å². The molecular weight excluding hydrogens is 511 g/mol. The lowest BCUT2D eigenvalue weighted by atomic mass is 9.69. The number of carboxylic acid groups (broad SMARTS) is 1. The van der Waals surface area contributed by atoms with Gasteiger partial charge in [0.05, 0.1) is 6.42 Å². The number of carboxylic acids is 1. The van der Waals surface area contributed by atoms with E-state index in [4.69, 9.17) is 23.2 Å². The average molecular weight is 548 g/mol. The largest absolute Gasteiger partial charge is 0.481 e. The van der Waals surface area contributed by atoms with Gasteiger partial charge in [0, 0.05) is 46.4 Å². The third kappa shape index (κ3) is 7.79. The first-order chi connectivity index (χ1) is 17.4. The van der Waals surface area contributed by atoms with Crippen molar-refractivity contribution in [2.45, 2.75) is 58.5 Å². The number of halogens is 2. The molecule has 1 heterocycles. The summed E-state index contributed by atoms with van der Waals surface area (Å²) in [7, 11) is 0. The van der Waals surface area contributed by atoms with Gasteiger partial charge in [-0.3, -0.25) is 9.59 Å². The van der Waals surface area contributed by atoms with Crippen LogP contribution in [0.15, 0.2) is 48.5 Å². The van der Waals surface area contributed by atoms with Crippen molar-refractivity contribution in [3.63, 3.8) is 0 Å². The van der Waals surface area contributed by atoms with Crippen molar-refractivity contribution in [2.24, 2.45) is 23.2 Å². The highest BCUT2D eigenvalue weighted by Crippen LogP contribution is 2.41. The molecule has 3 rings (SSSR count). The molecule has 0 aliphatic carbocycles. The molecule has 3 N–H and O–H groups in total. The minimum absolute atomic E-state index is 0.00744. The highest BCUT2D eigenvalue weighted by atomic mass is 35.5. The quantitative estimate of drug-likeness (QED) is 0.323. The Balaban J connectivity index is 2.00. The van der Waals surface area contributed by atoms with E-state index in [1.54, 1.807) is 6.07 Å². The molecule has 0 radical (unpaired) electrons. The number of amides is 1. The number of hydrogen-bond donors (Lipinski definition) is 3. The smallest absolute Gasteiger partial charge is 0.304 e. The number of benzene rings is 2. The van der Waals surface area contributed by atoms with Gasteiger partial charge < -0.3 is 20.5 Å². The average Bonchev–Trinajstić information content (AvgIpc) is 2.81. The van der Waals surface area contributed by atoms with Gasteiger partial charge >= 0.3 is 5.97 Å². The Labute approximate surface area is 229 Å². The molecular formula is C29H36Cl2N2O4. The summed E-state index contributed by atoms with van der Waals surface area (Å²) in [5.74, 6) is -3.08. The second-order valence-corrected chi connectivity index (χ2v) is 12.1. The van der Waals surface area contributed by atoms with E-state index in [2.05, 4.69) is 31.4 Å². The lowest BCUT2D eigenvalue weighted by Crippen LogP contribution is -2.55. The van der Waals surface area contributed by atoms with Crippen molar-refractivity contribution < 1.29 is 19.5 Å². The third-order valence-electron chi connectivity index (χ3n) is 7.14. The molecule has 1 saturated heterocycles. The summed E-state index contributed by atoms with van der Waals surface area (Å²) in [5.41, 5.74) is 1.88. The predicted molar refractivity (Wildman–Crippen MR) is 147 cm³/mol. The van der Waals surface area contributed by atoms with Crippen molar-refractivity contribution in [2.75, 3.05) is 6.54 Å². The van der Waals surface area contributed by atoms with Crippen LogP contribution in [0.5, 0.6) is 0 Å². The molecule has 2 aromatic carbocycles. The lowest BCUT2D eigenvalue weighted by Gasteiger charge is -2.43. The summed E-state index contributed by atoms with van der Waals surface area (Å²) < 4.78 is 0. The molecule has 0 aromatic heterocycles. The number of carbonyl (C=O) groups is 3. The maximum Gasteiger partial charge on any atom is 0.304 e. The number of nitrogens with one attached hydrogen (secondary N) is 2. The summed E-state index contributed by atoms with van der Waals surface area (Å²) >= 11 is 12.4. The van der Waals surface area contributed by atoms with E-state index in [-0.39, 0.29) is 35.6 Å². The van der Waals surface area contributed by atoms with Crippen molar-refractivity contribution in [1.82, 2.24) is 10.6 Å². The van der Waals surface area contributed by atoms with Crippen LogP contribution in [0.4, 0.5) is 0 Å². The molecule has 3 unspecified atom stereocenters. The van der Waals surface area contributed by atoms with Crippen LogP contribution in [0.25, 0.3) is 0 Å². The fraction of sp³-hybridized carbons (Fsp3) is 0.483. The van der Waals surface area contributed by atoms with Gasteiger partial charge in [-0.05, 0) is 53.1 Å². The lowest BCUT2D eigenvalue weighted by molar-refractivity contribution is -0.143. The topological polar surface area (TPSA) is 95.5 Å². The summed E-state index contributed by atoms with van der Waals surface area (Å²) in [6.07, 6.45) is 0.977. The number of carbonyl (C=O) groups excluding carboxylic acids is 2. The molecule has 37 heavy (non-hydrogen) atoms. The molecule has 1 aliphatic heterocycles. The molecule has 200 valence electrons. The monoisotopic (exact) mass is 546 g/mol. The van der Waals surface area contributed by atoms with Crippen molar-refractivity contribution in [1.29, 1.82) is 0 Å². The first-order valence-electron chi connectivity index (χ1n) is 12.6. The first-order valence-corrected chi connectivity index (χ1v) is 13.4. The van der Waals surface area contributed by atoms with Crippen LogP contribution in [-0.2, 0) is 14.4 Å². The molecule has 2 aromatic rings. The molecule has 0 spiro atoms. The Bertz CT molecular complexity index is 1100. The Hall–Kier alpha value is -2.41. The van der Waals surface area contributed by atoms with Gasteiger partial charge in [0.25, 0.3) is 0 Å². The second-order valence-electron chi connectivity index (χ2n) is 11.3. The molecule has 0 saturated carbocycles. The van der Waals surface area contributed by atoms with Crippen molar-refractivity contribution in [3.05, 3.63) is 69.7 Å². The van der Waals surface area contributed by atoms with Gasteiger partial charge in [-0.15, -0.1) is 0 Å². The standard InChI is InChI=1S/C29H36Cl2N2O4/c1-17(26(32-16-29(2,3)4)18-8-10-21(30)11-9-18)24(15-34)27-23(19-6-5-7-22(31)12-19)13-20(14-25(35)36)28(37)33-27/h5-12,15,17,20,23-24,26-27,32H,13-14,16H2,1-4H3,(H,33,37)(H,35,36)/t17?,20-,23-,24?,26?,27+/m1/s1. The van der Waals surface area contributed by atoms with Crippen LogP contribution in [0.3, 0.4) is 0 Å². The maximum atomic E-state index is 13.0. The van der Waals surface area contributed by atoms with Crippen LogP contribution < -0.4 is 10.6 Å². The zero-order valence-electron chi connectivity index (χ0n) is 21.7. The minimum Gasteiger partial charge on any atom is -0.481 e.